The summed E-state index contributed by atoms with van der Waals surface area (Å²) < 4.78 is 5.13. The topological polar surface area (TPSA) is 46.5 Å². The summed E-state index contributed by atoms with van der Waals surface area (Å²) in [7, 11) is 2.65. The van der Waals surface area contributed by atoms with Crippen molar-refractivity contribution in [3.05, 3.63) is 87.6 Å². The van der Waals surface area contributed by atoms with Crippen LogP contribution < -0.4 is 4.74 Å². The molecule has 0 spiro atoms. The Labute approximate surface area is 171 Å². The fourth-order valence-corrected chi connectivity index (χ4v) is 4.22. The number of aliphatic hydroxyl groups excluding tert-OH is 1. The molecule has 0 amide bonds. The average molecular weight is 397 g/mol. The number of methoxy groups -OCH3 is 1. The molecule has 1 unspecified atom stereocenters. The Bertz CT molecular complexity index is 787. The number of hydrogen-bond acceptors (Lipinski definition) is 4. The van der Waals surface area contributed by atoms with E-state index in [1.807, 2.05) is 35.7 Å². The number of hydrogen-bond donors (Lipinski definition) is 1. The molecule has 1 aliphatic rings. The van der Waals surface area contributed by atoms with E-state index in [1.165, 1.54) is 24.1 Å². The predicted molar refractivity (Wildman–Crippen MR) is 116 cm³/mol. The first-order chi connectivity index (χ1) is 13.8. The van der Waals surface area contributed by atoms with E-state index in [1.54, 1.807) is 29.6 Å². The Balaban J connectivity index is 0.000000213. The van der Waals surface area contributed by atoms with Crippen LogP contribution in [0.2, 0.25) is 0 Å². The van der Waals surface area contributed by atoms with Crippen LogP contribution in [0.15, 0.2) is 66.0 Å². The normalized spacial score (nSPS) is 12.5. The number of benzene rings is 2. The van der Waals surface area contributed by atoms with Crippen molar-refractivity contribution in [3.8, 4) is 5.75 Å². The minimum absolute atomic E-state index is 0.165. The largest absolute Gasteiger partial charge is 0.497 e. The summed E-state index contributed by atoms with van der Waals surface area (Å²) in [6.45, 7) is 0. The highest BCUT2D eigenvalue weighted by molar-refractivity contribution is 7.10. The van der Waals surface area contributed by atoms with Crippen LogP contribution in [0.1, 0.15) is 40.3 Å². The summed E-state index contributed by atoms with van der Waals surface area (Å²) in [6.07, 6.45) is 5.47. The van der Waals surface area contributed by atoms with Crippen LogP contribution in [-0.2, 0) is 17.6 Å². The Morgan fingerprint density at radius 2 is 1.64 bits per heavy atom. The molecule has 0 aliphatic heterocycles. The van der Waals surface area contributed by atoms with Gasteiger partial charge in [0.15, 0.2) is 0 Å². The van der Waals surface area contributed by atoms with Gasteiger partial charge in [0.2, 0.25) is 0 Å². The van der Waals surface area contributed by atoms with E-state index in [2.05, 4.69) is 30.3 Å². The average Bonchev–Trinajstić information content (AvgIpc) is 3.46. The van der Waals surface area contributed by atoms with Crippen molar-refractivity contribution in [3.63, 3.8) is 0 Å². The molecule has 28 heavy (non-hydrogen) atoms. The van der Waals surface area contributed by atoms with Crippen molar-refractivity contribution < 1.29 is 14.6 Å². The Hall–Kier alpha value is -2.43. The third kappa shape index (κ3) is 6.04. The molecule has 1 atom stereocenters. The molecule has 4 rings (SSSR count). The molecule has 3 nitrogen and oxygen atoms in total. The number of fused-ring (bicyclic) bond motifs is 1. The molecular formula is C24H28O3S. The summed E-state index contributed by atoms with van der Waals surface area (Å²) in [6, 6.07) is 20.7. The number of carbonyl (C=O) groups is 1. The predicted octanol–water partition coefficient (Wildman–Crippen LogP) is 5.26. The van der Waals surface area contributed by atoms with E-state index >= 15 is 0 Å². The second-order valence-corrected chi connectivity index (χ2v) is 7.35. The molecule has 1 aliphatic carbocycles. The lowest BCUT2D eigenvalue weighted by molar-refractivity contribution is -0.108. The number of aldehydes is 1. The van der Waals surface area contributed by atoms with Crippen LogP contribution in [0.5, 0.6) is 5.75 Å². The van der Waals surface area contributed by atoms with Gasteiger partial charge in [0.1, 0.15) is 12.0 Å². The van der Waals surface area contributed by atoms with Gasteiger partial charge in [0, 0.05) is 24.3 Å². The molecule has 148 valence electrons. The van der Waals surface area contributed by atoms with Crippen molar-refractivity contribution in [2.45, 2.75) is 31.6 Å². The third-order valence-electron chi connectivity index (χ3n) is 4.75. The molecule has 0 radical (unpaired) electrons. The summed E-state index contributed by atoms with van der Waals surface area (Å²) in [4.78, 5) is 12.0. The van der Waals surface area contributed by atoms with Crippen molar-refractivity contribution >= 4 is 17.6 Å². The number of ether oxygens (including phenoxy) is 1. The number of aryl methyl sites for hydroxylation is 2. The van der Waals surface area contributed by atoms with Crippen LogP contribution >= 0.6 is 11.3 Å². The highest BCUT2D eigenvalue weighted by Crippen LogP contribution is 2.31. The molecule has 0 saturated heterocycles. The van der Waals surface area contributed by atoms with Gasteiger partial charge in [-0.25, -0.2) is 0 Å². The monoisotopic (exact) mass is 396 g/mol. The van der Waals surface area contributed by atoms with Crippen LogP contribution in [0.25, 0.3) is 0 Å². The van der Waals surface area contributed by atoms with Crippen molar-refractivity contribution in [2.24, 2.45) is 0 Å². The van der Waals surface area contributed by atoms with E-state index in [4.69, 9.17) is 9.84 Å². The summed E-state index contributed by atoms with van der Waals surface area (Å²) >= 11 is 1.69. The first-order valence-electron chi connectivity index (χ1n) is 9.44. The summed E-state index contributed by atoms with van der Waals surface area (Å²) in [5, 5.41) is 9.04. The first kappa shape index (κ1) is 21.9. The van der Waals surface area contributed by atoms with E-state index < -0.39 is 0 Å². The highest BCUT2D eigenvalue weighted by Gasteiger charge is 2.14. The molecule has 1 heterocycles. The Morgan fingerprint density at radius 1 is 1.00 bits per heavy atom. The number of thiophene rings is 1. The molecule has 0 fully saturated rings. The van der Waals surface area contributed by atoms with E-state index in [-0.39, 0.29) is 5.92 Å². The van der Waals surface area contributed by atoms with Gasteiger partial charge in [0.25, 0.3) is 0 Å². The van der Waals surface area contributed by atoms with Gasteiger partial charge in [-0.1, -0.05) is 42.5 Å². The van der Waals surface area contributed by atoms with E-state index in [0.717, 1.165) is 24.7 Å². The molecule has 3 aromatic rings. The van der Waals surface area contributed by atoms with Gasteiger partial charge in [-0.3, -0.25) is 0 Å². The van der Waals surface area contributed by atoms with Crippen LogP contribution in [-0.4, -0.2) is 25.6 Å². The molecule has 4 heteroatoms. The minimum Gasteiger partial charge on any atom is -0.497 e. The third-order valence-corrected chi connectivity index (χ3v) is 5.73. The zero-order valence-electron chi connectivity index (χ0n) is 16.5. The van der Waals surface area contributed by atoms with Gasteiger partial charge in [0.05, 0.1) is 7.11 Å². The van der Waals surface area contributed by atoms with Gasteiger partial charge < -0.3 is 14.6 Å². The Morgan fingerprint density at radius 3 is 2.14 bits per heavy atom. The van der Waals surface area contributed by atoms with Gasteiger partial charge in [-0.2, -0.15) is 0 Å². The standard InChI is InChI=1S/C14H14O2S.C9H10.CH4O/c1-16-12-6-4-11(5-7-12)13(8-9-15)14-3-2-10-17-14;1-2-5-9-7-3-6-8(9)4-1;1-2/h2-7,9-10,13H,8H2,1H3;1-2,4-5H,3,6-7H2;2H,1H3. The van der Waals surface area contributed by atoms with E-state index in [0.29, 0.717) is 6.42 Å². The lowest BCUT2D eigenvalue weighted by Gasteiger charge is -2.13. The molecule has 1 N–H and O–H groups in total. The maximum atomic E-state index is 10.8. The van der Waals surface area contributed by atoms with Crippen molar-refractivity contribution in [1.29, 1.82) is 0 Å². The SMILES string of the molecule is CO.COc1ccc(C(CC=O)c2cccs2)cc1.c1ccc2c(c1)CCC2. The maximum absolute atomic E-state index is 10.8. The minimum atomic E-state index is 0.165. The highest BCUT2D eigenvalue weighted by atomic mass is 32.1. The van der Waals surface area contributed by atoms with Crippen molar-refractivity contribution in [2.75, 3.05) is 14.2 Å². The number of rotatable bonds is 5. The molecular weight excluding hydrogens is 368 g/mol. The fraction of sp³-hybridized carbons (Fsp3) is 0.292. The Kier molecular flexibility index (Phi) is 9.46. The van der Waals surface area contributed by atoms with Crippen LogP contribution in [0.4, 0.5) is 0 Å². The van der Waals surface area contributed by atoms with E-state index in [9.17, 15) is 4.79 Å². The molecule has 1 aromatic heterocycles. The lowest BCUT2D eigenvalue weighted by Crippen LogP contribution is -1.99. The lowest BCUT2D eigenvalue weighted by atomic mass is 9.95. The molecule has 0 saturated carbocycles. The number of aliphatic hydroxyl groups is 1. The zero-order chi connectivity index (χ0) is 20.2. The van der Waals surface area contributed by atoms with Gasteiger partial charge in [-0.15, -0.1) is 11.3 Å². The number of carbonyl (C=O) groups excluding carboxylic acids is 1. The first-order valence-corrected chi connectivity index (χ1v) is 10.3. The zero-order valence-corrected chi connectivity index (χ0v) is 17.3. The van der Waals surface area contributed by atoms with Crippen LogP contribution in [0, 0.1) is 0 Å². The molecule has 2 aromatic carbocycles. The molecule has 0 bridgehead atoms. The smallest absolute Gasteiger partial charge is 0.120 e. The van der Waals surface area contributed by atoms with Gasteiger partial charge >= 0.3 is 0 Å². The second-order valence-electron chi connectivity index (χ2n) is 6.37. The van der Waals surface area contributed by atoms with Gasteiger partial charge in [-0.05, 0) is 59.5 Å². The maximum Gasteiger partial charge on any atom is 0.120 e. The fourth-order valence-electron chi connectivity index (χ4n) is 3.35. The van der Waals surface area contributed by atoms with Crippen molar-refractivity contribution in [1.82, 2.24) is 0 Å². The quantitative estimate of drug-likeness (QED) is 0.598. The van der Waals surface area contributed by atoms with Crippen LogP contribution in [0.3, 0.4) is 0 Å². The summed E-state index contributed by atoms with van der Waals surface area (Å²) in [5.74, 6) is 1.00. The summed E-state index contributed by atoms with van der Waals surface area (Å²) in [5.41, 5.74) is 4.29. The second kappa shape index (κ2) is 12.1.